The highest BCUT2D eigenvalue weighted by molar-refractivity contribution is 6.27. The van der Waals surface area contributed by atoms with Crippen LogP contribution < -0.4 is 21.0 Å². The Morgan fingerprint density at radius 1 is 0.762 bits per heavy atom. The summed E-state index contributed by atoms with van der Waals surface area (Å²) >= 11 is 0. The Labute approximate surface area is 244 Å². The zero-order valence-electron chi connectivity index (χ0n) is 24.3. The Morgan fingerprint density at radius 3 is 2.14 bits per heavy atom. The van der Waals surface area contributed by atoms with Crippen LogP contribution in [0.1, 0.15) is 47.1 Å². The number of carbonyl (C=O) groups is 2. The van der Waals surface area contributed by atoms with Crippen molar-refractivity contribution in [2.75, 3.05) is 54.2 Å². The summed E-state index contributed by atoms with van der Waals surface area (Å²) in [5.74, 6) is -0.235. The third-order valence-electron chi connectivity index (χ3n) is 7.36. The van der Waals surface area contributed by atoms with E-state index >= 15 is 0 Å². The Balaban J connectivity index is 1.31. The molecule has 0 radical (unpaired) electrons. The van der Waals surface area contributed by atoms with Gasteiger partial charge in [-0.15, -0.1) is 0 Å². The van der Waals surface area contributed by atoms with E-state index in [1.165, 1.54) is 0 Å². The van der Waals surface area contributed by atoms with Gasteiger partial charge in [-0.2, -0.15) is 20.0 Å². The van der Waals surface area contributed by atoms with Gasteiger partial charge < -0.3 is 20.4 Å². The third kappa shape index (κ3) is 5.55. The zero-order chi connectivity index (χ0) is 29.4. The second kappa shape index (κ2) is 10.9. The highest BCUT2D eigenvalue weighted by Crippen LogP contribution is 2.36. The van der Waals surface area contributed by atoms with Crippen molar-refractivity contribution in [3.63, 3.8) is 0 Å². The van der Waals surface area contributed by atoms with Crippen molar-refractivity contribution < 1.29 is 9.59 Å². The van der Waals surface area contributed by atoms with Crippen molar-refractivity contribution in [3.05, 3.63) is 77.4 Å². The van der Waals surface area contributed by atoms with Crippen LogP contribution in [0.4, 0.5) is 23.5 Å². The SMILES string of the molecule is CN1CCN(c2ccc3c4c(cccc24)C(=O)N(Nc2nc(NCc4ccccc4)nc(NC(C)(C)C)n2)C3=O)CC1. The maximum Gasteiger partial charge on any atom is 0.280 e. The molecule has 0 aliphatic carbocycles. The van der Waals surface area contributed by atoms with Crippen LogP contribution >= 0.6 is 0 Å². The summed E-state index contributed by atoms with van der Waals surface area (Å²) < 4.78 is 0. The zero-order valence-corrected chi connectivity index (χ0v) is 24.3. The summed E-state index contributed by atoms with van der Waals surface area (Å²) in [4.78, 5) is 45.7. The summed E-state index contributed by atoms with van der Waals surface area (Å²) in [6, 6.07) is 19.3. The molecule has 4 aromatic rings. The highest BCUT2D eigenvalue weighted by atomic mass is 16.2. The van der Waals surface area contributed by atoms with Gasteiger partial charge in [0.25, 0.3) is 11.8 Å². The number of hydrogen-bond donors (Lipinski definition) is 3. The Morgan fingerprint density at radius 2 is 1.43 bits per heavy atom. The van der Waals surface area contributed by atoms with Crippen LogP contribution in [0, 0.1) is 0 Å². The lowest BCUT2D eigenvalue weighted by Gasteiger charge is -2.35. The van der Waals surface area contributed by atoms with Gasteiger partial charge in [-0.05, 0) is 51.6 Å². The molecule has 3 aromatic carbocycles. The first-order valence-electron chi connectivity index (χ1n) is 14.1. The van der Waals surface area contributed by atoms with E-state index in [0.29, 0.717) is 35.0 Å². The van der Waals surface area contributed by atoms with Crippen molar-refractivity contribution in [3.8, 4) is 0 Å². The van der Waals surface area contributed by atoms with E-state index in [4.69, 9.17) is 0 Å². The fraction of sp³-hybridized carbons (Fsp3) is 0.323. The van der Waals surface area contributed by atoms with Crippen LogP contribution in [0.2, 0.25) is 0 Å². The van der Waals surface area contributed by atoms with Gasteiger partial charge in [0.15, 0.2) is 0 Å². The maximum absolute atomic E-state index is 13.8. The molecule has 3 heterocycles. The number of likely N-dealkylation sites (N-methyl/N-ethyl adjacent to an activating group) is 1. The van der Waals surface area contributed by atoms with E-state index in [1.54, 1.807) is 6.07 Å². The number of hydrogen-bond acceptors (Lipinski definition) is 10. The van der Waals surface area contributed by atoms with Gasteiger partial charge in [-0.25, -0.2) is 0 Å². The van der Waals surface area contributed by atoms with Crippen molar-refractivity contribution in [1.82, 2.24) is 24.9 Å². The molecule has 0 atom stereocenters. The van der Waals surface area contributed by atoms with Crippen LogP contribution in [0.5, 0.6) is 0 Å². The molecule has 0 bridgehead atoms. The molecular formula is C31H35N9O2. The van der Waals surface area contributed by atoms with E-state index in [2.05, 4.69) is 47.9 Å². The number of piperazine rings is 1. The van der Waals surface area contributed by atoms with Gasteiger partial charge in [0.2, 0.25) is 17.8 Å². The van der Waals surface area contributed by atoms with E-state index in [9.17, 15) is 9.59 Å². The minimum atomic E-state index is -0.460. The first-order valence-corrected chi connectivity index (χ1v) is 14.1. The van der Waals surface area contributed by atoms with Gasteiger partial charge in [-0.1, -0.05) is 42.5 Å². The lowest BCUT2D eigenvalue weighted by Crippen LogP contribution is -2.45. The third-order valence-corrected chi connectivity index (χ3v) is 7.36. The normalized spacial score (nSPS) is 15.7. The standard InChI is InChI=1S/C31H35N9O2/c1-31(2,3)36-29-33-28(32-19-20-9-6-5-7-10-20)34-30(35-29)37-40-26(41)22-12-8-11-21-24(39-17-15-38(4)16-18-39)14-13-23(25(21)22)27(40)42/h5-14H,15-19H2,1-4H3,(H3,32,33,34,35,36,37). The fourth-order valence-electron chi connectivity index (χ4n) is 5.28. The predicted molar refractivity (Wildman–Crippen MR) is 165 cm³/mol. The lowest BCUT2D eigenvalue weighted by atomic mass is 9.93. The number of nitrogens with zero attached hydrogens (tertiary/aromatic N) is 6. The predicted octanol–water partition coefficient (Wildman–Crippen LogP) is 4.22. The largest absolute Gasteiger partial charge is 0.368 e. The van der Waals surface area contributed by atoms with E-state index in [0.717, 1.165) is 47.8 Å². The molecule has 0 saturated carbocycles. The Kier molecular flexibility index (Phi) is 7.11. The van der Waals surface area contributed by atoms with Gasteiger partial charge in [0, 0.05) is 54.7 Å². The number of aromatic nitrogens is 3. The van der Waals surface area contributed by atoms with E-state index in [1.807, 2.05) is 75.4 Å². The number of benzene rings is 3. The molecule has 2 amide bonds. The molecule has 1 fully saturated rings. The summed E-state index contributed by atoms with van der Waals surface area (Å²) in [7, 11) is 2.12. The number of nitrogens with one attached hydrogen (secondary N) is 3. The van der Waals surface area contributed by atoms with Gasteiger partial charge in [0.1, 0.15) is 0 Å². The van der Waals surface area contributed by atoms with Crippen molar-refractivity contribution in [2.24, 2.45) is 0 Å². The summed E-state index contributed by atoms with van der Waals surface area (Å²) in [6.45, 7) is 10.2. The molecule has 11 heteroatoms. The van der Waals surface area contributed by atoms with Crippen molar-refractivity contribution >= 4 is 46.1 Å². The van der Waals surface area contributed by atoms with Gasteiger partial charge in [-0.3, -0.25) is 15.0 Å². The molecule has 6 rings (SSSR count). The number of amides is 2. The monoisotopic (exact) mass is 565 g/mol. The van der Waals surface area contributed by atoms with Crippen LogP contribution in [0.3, 0.4) is 0 Å². The van der Waals surface area contributed by atoms with E-state index in [-0.39, 0.29) is 11.5 Å². The Bertz CT molecular complexity index is 1620. The first-order chi connectivity index (χ1) is 20.2. The minimum Gasteiger partial charge on any atom is -0.368 e. The second-order valence-electron chi connectivity index (χ2n) is 11.7. The van der Waals surface area contributed by atoms with Crippen LogP contribution in [0.15, 0.2) is 60.7 Å². The minimum absolute atomic E-state index is 0.0682. The Hall–Kier alpha value is -4.77. The summed E-state index contributed by atoms with van der Waals surface area (Å²) in [5, 5.41) is 9.05. The van der Waals surface area contributed by atoms with Crippen molar-refractivity contribution in [1.29, 1.82) is 0 Å². The summed E-state index contributed by atoms with van der Waals surface area (Å²) in [6.07, 6.45) is 0. The van der Waals surface area contributed by atoms with Gasteiger partial charge in [0.05, 0.1) is 11.1 Å². The number of imide groups is 1. The molecular weight excluding hydrogens is 530 g/mol. The van der Waals surface area contributed by atoms with Crippen LogP contribution in [-0.4, -0.2) is 75.4 Å². The van der Waals surface area contributed by atoms with E-state index < -0.39 is 11.8 Å². The molecule has 11 nitrogen and oxygen atoms in total. The molecule has 2 aliphatic rings. The molecule has 3 N–H and O–H groups in total. The molecule has 0 unspecified atom stereocenters. The highest BCUT2D eigenvalue weighted by Gasteiger charge is 2.35. The number of anilines is 4. The topological polar surface area (TPSA) is 119 Å². The van der Waals surface area contributed by atoms with Crippen LogP contribution in [-0.2, 0) is 6.54 Å². The second-order valence-corrected chi connectivity index (χ2v) is 11.7. The molecule has 42 heavy (non-hydrogen) atoms. The number of carbonyl (C=O) groups excluding carboxylic acids is 2. The van der Waals surface area contributed by atoms with Gasteiger partial charge >= 0.3 is 0 Å². The first kappa shape index (κ1) is 27.4. The molecule has 0 spiro atoms. The number of rotatable bonds is 7. The molecule has 216 valence electrons. The quantitative estimate of drug-likeness (QED) is 0.281. The molecule has 1 saturated heterocycles. The lowest BCUT2D eigenvalue weighted by molar-refractivity contribution is 0.0647. The molecule has 1 aromatic heterocycles. The fourth-order valence-corrected chi connectivity index (χ4v) is 5.28. The van der Waals surface area contributed by atoms with Crippen LogP contribution in [0.25, 0.3) is 10.8 Å². The smallest absolute Gasteiger partial charge is 0.280 e. The maximum atomic E-state index is 13.8. The summed E-state index contributed by atoms with van der Waals surface area (Å²) in [5.41, 5.74) is 5.56. The average molecular weight is 566 g/mol. The number of hydrazine groups is 1. The molecule has 2 aliphatic heterocycles. The van der Waals surface area contributed by atoms with Crippen molar-refractivity contribution in [2.45, 2.75) is 32.9 Å². The average Bonchev–Trinajstić information content (AvgIpc) is 2.97.